The number of rotatable bonds is 2. The fraction of sp³-hybridized carbons (Fsp3) is 0. The van der Waals surface area contributed by atoms with Crippen molar-refractivity contribution in [2.75, 3.05) is 5.43 Å². The average Bonchev–Trinajstić information content (AvgIpc) is 2.65. The molecule has 0 aromatic heterocycles. The molecular formula is C14H9BrN2O2. The van der Waals surface area contributed by atoms with Gasteiger partial charge in [-0.2, -0.15) is 5.01 Å². The molecule has 1 N–H and O–H groups in total. The zero-order valence-corrected chi connectivity index (χ0v) is 11.3. The monoisotopic (exact) mass is 316 g/mol. The normalized spacial score (nSPS) is 13.6. The highest BCUT2D eigenvalue weighted by Crippen LogP contribution is 2.26. The molecular weight excluding hydrogens is 308 g/mol. The SMILES string of the molecule is O=C1c2ccc(Br)cc2C(=O)N1Nc1ccccc1. The highest BCUT2D eigenvalue weighted by Gasteiger charge is 2.35. The van der Waals surface area contributed by atoms with Gasteiger partial charge in [0.25, 0.3) is 11.8 Å². The Labute approximate surface area is 118 Å². The van der Waals surface area contributed by atoms with Crippen molar-refractivity contribution in [1.82, 2.24) is 5.01 Å². The van der Waals surface area contributed by atoms with Crippen molar-refractivity contribution in [3.63, 3.8) is 0 Å². The van der Waals surface area contributed by atoms with E-state index < -0.39 is 0 Å². The Balaban J connectivity index is 1.95. The van der Waals surface area contributed by atoms with Gasteiger partial charge in [-0.3, -0.25) is 15.0 Å². The number of hydrogen-bond acceptors (Lipinski definition) is 3. The van der Waals surface area contributed by atoms with Crippen LogP contribution in [0.2, 0.25) is 0 Å². The van der Waals surface area contributed by atoms with E-state index in [2.05, 4.69) is 21.4 Å². The van der Waals surface area contributed by atoms with Gasteiger partial charge >= 0.3 is 0 Å². The van der Waals surface area contributed by atoms with Crippen LogP contribution in [0.4, 0.5) is 5.69 Å². The van der Waals surface area contributed by atoms with E-state index in [4.69, 9.17) is 0 Å². The third kappa shape index (κ3) is 2.02. The van der Waals surface area contributed by atoms with Gasteiger partial charge < -0.3 is 0 Å². The Morgan fingerprint density at radius 3 is 2.32 bits per heavy atom. The van der Waals surface area contributed by atoms with Crippen molar-refractivity contribution in [1.29, 1.82) is 0 Å². The van der Waals surface area contributed by atoms with Crippen LogP contribution in [0.25, 0.3) is 0 Å². The van der Waals surface area contributed by atoms with Gasteiger partial charge in [-0.1, -0.05) is 34.1 Å². The van der Waals surface area contributed by atoms with Crippen LogP contribution in [-0.2, 0) is 0 Å². The Kier molecular flexibility index (Phi) is 2.83. The molecule has 19 heavy (non-hydrogen) atoms. The van der Waals surface area contributed by atoms with Crippen molar-refractivity contribution < 1.29 is 9.59 Å². The number of para-hydroxylation sites is 1. The first kappa shape index (κ1) is 11.9. The molecule has 0 radical (unpaired) electrons. The summed E-state index contributed by atoms with van der Waals surface area (Å²) in [7, 11) is 0. The average molecular weight is 317 g/mol. The maximum atomic E-state index is 12.2. The van der Waals surface area contributed by atoms with Crippen LogP contribution < -0.4 is 5.43 Å². The summed E-state index contributed by atoms with van der Waals surface area (Å²) < 4.78 is 0.772. The molecule has 0 spiro atoms. The Bertz CT molecular complexity index is 670. The van der Waals surface area contributed by atoms with Gasteiger partial charge in [0, 0.05) is 4.47 Å². The first-order valence-electron chi connectivity index (χ1n) is 5.67. The van der Waals surface area contributed by atoms with E-state index in [1.807, 2.05) is 18.2 Å². The van der Waals surface area contributed by atoms with E-state index >= 15 is 0 Å². The van der Waals surface area contributed by atoms with Gasteiger partial charge in [-0.25, -0.2) is 0 Å². The molecule has 0 atom stereocenters. The number of imide groups is 1. The van der Waals surface area contributed by atoms with Gasteiger partial charge in [0.05, 0.1) is 16.8 Å². The largest absolute Gasteiger partial charge is 0.288 e. The summed E-state index contributed by atoms with van der Waals surface area (Å²) >= 11 is 3.30. The fourth-order valence-electron chi connectivity index (χ4n) is 1.96. The summed E-state index contributed by atoms with van der Waals surface area (Å²) in [5.74, 6) is -0.679. The molecule has 3 rings (SSSR count). The second-order valence-electron chi connectivity index (χ2n) is 4.11. The zero-order valence-electron chi connectivity index (χ0n) is 9.76. The van der Waals surface area contributed by atoms with Crippen LogP contribution in [0.1, 0.15) is 20.7 Å². The van der Waals surface area contributed by atoms with Crippen molar-refractivity contribution in [3.8, 4) is 0 Å². The summed E-state index contributed by atoms with van der Waals surface area (Å²) in [6, 6.07) is 14.2. The lowest BCUT2D eigenvalue weighted by Crippen LogP contribution is -2.35. The second-order valence-corrected chi connectivity index (χ2v) is 5.03. The molecule has 2 aromatic rings. The Hall–Kier alpha value is -2.14. The molecule has 0 fully saturated rings. The van der Waals surface area contributed by atoms with Crippen LogP contribution in [0, 0.1) is 0 Å². The van der Waals surface area contributed by atoms with Crippen LogP contribution in [0.15, 0.2) is 53.0 Å². The fourth-order valence-corrected chi connectivity index (χ4v) is 2.32. The summed E-state index contributed by atoms with van der Waals surface area (Å²) in [6.45, 7) is 0. The number of hydrogen-bond donors (Lipinski definition) is 1. The first-order valence-corrected chi connectivity index (χ1v) is 6.46. The van der Waals surface area contributed by atoms with Crippen LogP contribution in [0.5, 0.6) is 0 Å². The van der Waals surface area contributed by atoms with Gasteiger partial charge in [-0.15, -0.1) is 0 Å². The molecule has 0 saturated carbocycles. The number of carbonyl (C=O) groups excluding carboxylic acids is 2. The van der Waals surface area contributed by atoms with Crippen LogP contribution in [0.3, 0.4) is 0 Å². The number of amides is 2. The smallest absolute Gasteiger partial charge is 0.280 e. The van der Waals surface area contributed by atoms with E-state index in [0.29, 0.717) is 16.8 Å². The minimum Gasteiger partial charge on any atom is -0.288 e. The predicted molar refractivity (Wildman–Crippen MR) is 74.7 cm³/mol. The molecule has 2 aromatic carbocycles. The summed E-state index contributed by atoms with van der Waals surface area (Å²) in [6.07, 6.45) is 0. The number of carbonyl (C=O) groups is 2. The topological polar surface area (TPSA) is 49.4 Å². The van der Waals surface area contributed by atoms with Gasteiger partial charge in [0.1, 0.15) is 0 Å². The molecule has 0 saturated heterocycles. The maximum Gasteiger partial charge on any atom is 0.280 e. The third-order valence-corrected chi connectivity index (χ3v) is 3.36. The van der Waals surface area contributed by atoms with E-state index in [0.717, 1.165) is 9.48 Å². The van der Waals surface area contributed by atoms with E-state index in [-0.39, 0.29) is 11.8 Å². The second kappa shape index (κ2) is 4.51. The highest BCUT2D eigenvalue weighted by molar-refractivity contribution is 9.10. The van der Waals surface area contributed by atoms with Crippen molar-refractivity contribution in [2.24, 2.45) is 0 Å². The zero-order chi connectivity index (χ0) is 13.4. The molecule has 0 aliphatic carbocycles. The lowest BCUT2D eigenvalue weighted by Gasteiger charge is -2.16. The number of anilines is 1. The minimum atomic E-state index is -0.342. The summed E-state index contributed by atoms with van der Waals surface area (Å²) in [5, 5.41) is 1.03. The summed E-state index contributed by atoms with van der Waals surface area (Å²) in [5.41, 5.74) is 4.34. The molecule has 5 heteroatoms. The molecule has 94 valence electrons. The van der Waals surface area contributed by atoms with Crippen LogP contribution >= 0.6 is 15.9 Å². The quantitative estimate of drug-likeness (QED) is 0.866. The number of nitrogens with zero attached hydrogens (tertiary/aromatic N) is 1. The molecule has 4 nitrogen and oxygen atoms in total. The van der Waals surface area contributed by atoms with Crippen molar-refractivity contribution >= 4 is 33.4 Å². The number of benzene rings is 2. The molecule has 0 unspecified atom stereocenters. The Morgan fingerprint density at radius 2 is 1.58 bits per heavy atom. The predicted octanol–water partition coefficient (Wildman–Crippen LogP) is 3.07. The molecule has 1 heterocycles. The number of hydrazine groups is 1. The van der Waals surface area contributed by atoms with Gasteiger partial charge in [-0.05, 0) is 30.3 Å². The van der Waals surface area contributed by atoms with Crippen LogP contribution in [-0.4, -0.2) is 16.8 Å². The van der Waals surface area contributed by atoms with Crippen molar-refractivity contribution in [2.45, 2.75) is 0 Å². The molecule has 1 aliphatic heterocycles. The molecule has 2 amide bonds. The molecule has 0 bridgehead atoms. The third-order valence-electron chi connectivity index (χ3n) is 2.86. The first-order chi connectivity index (χ1) is 9.16. The lowest BCUT2D eigenvalue weighted by molar-refractivity contribution is 0.0691. The Morgan fingerprint density at radius 1 is 0.895 bits per heavy atom. The van der Waals surface area contributed by atoms with E-state index in [1.54, 1.807) is 30.3 Å². The van der Waals surface area contributed by atoms with Gasteiger partial charge in [0.15, 0.2) is 0 Å². The maximum absolute atomic E-state index is 12.2. The summed E-state index contributed by atoms with van der Waals surface area (Å²) in [4.78, 5) is 24.3. The number of fused-ring (bicyclic) bond motifs is 1. The minimum absolute atomic E-state index is 0.337. The van der Waals surface area contributed by atoms with Gasteiger partial charge in [0.2, 0.25) is 0 Å². The standard InChI is InChI=1S/C14H9BrN2O2/c15-9-6-7-11-12(8-9)14(19)17(13(11)18)16-10-4-2-1-3-5-10/h1-8,16H. The number of halogens is 1. The lowest BCUT2D eigenvalue weighted by atomic mass is 10.1. The van der Waals surface area contributed by atoms with Crippen molar-refractivity contribution in [3.05, 3.63) is 64.1 Å². The highest BCUT2D eigenvalue weighted by atomic mass is 79.9. The van der Waals surface area contributed by atoms with E-state index in [1.165, 1.54) is 0 Å². The van der Waals surface area contributed by atoms with E-state index in [9.17, 15) is 9.59 Å². The molecule has 1 aliphatic rings. The number of nitrogens with one attached hydrogen (secondary N) is 1.